The smallest absolute Gasteiger partial charge is 0.409 e. The van der Waals surface area contributed by atoms with Crippen LogP contribution in [0.1, 0.15) is 47.5 Å². The molecule has 0 spiro atoms. The second-order valence-electron chi connectivity index (χ2n) is 8.43. The molecule has 2 rings (SSSR count). The van der Waals surface area contributed by atoms with E-state index in [0.717, 1.165) is 45.2 Å². The Balaban J connectivity index is 1.97. The van der Waals surface area contributed by atoms with E-state index in [1.807, 2.05) is 6.92 Å². The number of nitrogens with zero attached hydrogens (tertiary/aromatic N) is 3. The second-order valence-corrected chi connectivity index (χ2v) is 8.43. The number of ether oxygens (including phenoxy) is 2. The van der Waals surface area contributed by atoms with E-state index in [0.29, 0.717) is 25.6 Å². The van der Waals surface area contributed by atoms with Crippen molar-refractivity contribution in [2.24, 2.45) is 16.3 Å². The number of piperazine rings is 1. The maximum Gasteiger partial charge on any atom is 0.409 e. The van der Waals surface area contributed by atoms with Gasteiger partial charge < -0.3 is 24.6 Å². The molecule has 2 heterocycles. The summed E-state index contributed by atoms with van der Waals surface area (Å²) in [4.78, 5) is 20.9. The standard InChI is InChI=1S/C20H38N4O3/c1-6-21-18(23-10-12-24(13-11-23)19(25)26-7-2)22-15-16-9-8-14-27-17(16)20(3,4)5/h16-17H,6-15H2,1-5H3,(H,21,22). The van der Waals surface area contributed by atoms with Crippen molar-refractivity contribution in [1.29, 1.82) is 0 Å². The lowest BCUT2D eigenvalue weighted by atomic mass is 9.78. The highest BCUT2D eigenvalue weighted by Crippen LogP contribution is 2.34. The summed E-state index contributed by atoms with van der Waals surface area (Å²) in [6.45, 7) is 16.4. The SMILES string of the molecule is CCNC(=NCC1CCCOC1C(C)(C)C)N1CCN(C(=O)OCC)CC1. The average molecular weight is 383 g/mol. The van der Waals surface area contributed by atoms with Crippen molar-refractivity contribution in [2.75, 3.05) is 52.5 Å². The lowest BCUT2D eigenvalue weighted by Gasteiger charge is -2.40. The molecule has 1 amide bonds. The van der Waals surface area contributed by atoms with Crippen molar-refractivity contribution in [1.82, 2.24) is 15.1 Å². The maximum atomic E-state index is 11.9. The van der Waals surface area contributed by atoms with Crippen LogP contribution in [-0.2, 0) is 9.47 Å². The van der Waals surface area contributed by atoms with E-state index in [-0.39, 0.29) is 17.6 Å². The lowest BCUT2D eigenvalue weighted by molar-refractivity contribution is -0.0824. The summed E-state index contributed by atoms with van der Waals surface area (Å²) < 4.78 is 11.2. The molecule has 27 heavy (non-hydrogen) atoms. The van der Waals surface area contributed by atoms with E-state index >= 15 is 0 Å². The second kappa shape index (κ2) is 10.2. The molecule has 7 heteroatoms. The van der Waals surface area contributed by atoms with Gasteiger partial charge in [0.2, 0.25) is 0 Å². The number of rotatable bonds is 4. The van der Waals surface area contributed by atoms with Crippen LogP contribution in [0.25, 0.3) is 0 Å². The summed E-state index contributed by atoms with van der Waals surface area (Å²) in [5.41, 5.74) is 0.129. The molecule has 0 aromatic rings. The quantitative estimate of drug-likeness (QED) is 0.598. The molecular formula is C20H38N4O3. The number of hydrogen-bond acceptors (Lipinski definition) is 4. The molecule has 156 valence electrons. The van der Waals surface area contributed by atoms with Crippen LogP contribution >= 0.6 is 0 Å². The van der Waals surface area contributed by atoms with E-state index in [2.05, 4.69) is 37.9 Å². The van der Waals surface area contributed by atoms with Gasteiger partial charge in [-0.1, -0.05) is 20.8 Å². The third-order valence-electron chi connectivity index (χ3n) is 5.21. The molecule has 0 bridgehead atoms. The predicted molar refractivity (Wildman–Crippen MR) is 108 cm³/mol. The third-order valence-corrected chi connectivity index (χ3v) is 5.21. The summed E-state index contributed by atoms with van der Waals surface area (Å²) in [5.74, 6) is 1.40. The molecule has 2 unspecified atom stereocenters. The minimum Gasteiger partial charge on any atom is -0.450 e. The molecule has 1 N–H and O–H groups in total. The van der Waals surface area contributed by atoms with Gasteiger partial charge in [-0.15, -0.1) is 0 Å². The minimum absolute atomic E-state index is 0.129. The van der Waals surface area contributed by atoms with Crippen molar-refractivity contribution in [3.8, 4) is 0 Å². The van der Waals surface area contributed by atoms with Gasteiger partial charge in [0.25, 0.3) is 0 Å². The monoisotopic (exact) mass is 382 g/mol. The molecule has 0 aromatic heterocycles. The largest absolute Gasteiger partial charge is 0.450 e. The molecule has 2 aliphatic rings. The predicted octanol–water partition coefficient (Wildman–Crippen LogP) is 2.57. The molecule has 2 saturated heterocycles. The molecular weight excluding hydrogens is 344 g/mol. The molecule has 0 saturated carbocycles. The summed E-state index contributed by atoms with van der Waals surface area (Å²) in [6.07, 6.45) is 2.31. The summed E-state index contributed by atoms with van der Waals surface area (Å²) in [5, 5.41) is 3.42. The Kier molecular flexibility index (Phi) is 8.20. The average Bonchev–Trinajstić information content (AvgIpc) is 2.65. The first-order valence-electron chi connectivity index (χ1n) is 10.4. The Morgan fingerprint density at radius 2 is 1.85 bits per heavy atom. The zero-order valence-corrected chi connectivity index (χ0v) is 17.8. The fourth-order valence-electron chi connectivity index (χ4n) is 3.93. The maximum absolute atomic E-state index is 11.9. The van der Waals surface area contributed by atoms with Crippen LogP contribution in [0.15, 0.2) is 4.99 Å². The van der Waals surface area contributed by atoms with Crippen LogP contribution in [0.3, 0.4) is 0 Å². The molecule has 2 aliphatic heterocycles. The molecule has 0 aromatic carbocycles. The van der Waals surface area contributed by atoms with Crippen molar-refractivity contribution >= 4 is 12.1 Å². The summed E-state index contributed by atoms with van der Waals surface area (Å²) in [6, 6.07) is 0. The first-order chi connectivity index (χ1) is 12.9. The number of amides is 1. The Morgan fingerprint density at radius 1 is 1.19 bits per heavy atom. The van der Waals surface area contributed by atoms with Crippen LogP contribution in [0.2, 0.25) is 0 Å². The Morgan fingerprint density at radius 3 is 2.44 bits per heavy atom. The van der Waals surface area contributed by atoms with Crippen LogP contribution < -0.4 is 5.32 Å². The number of hydrogen-bond donors (Lipinski definition) is 1. The zero-order chi connectivity index (χ0) is 19.9. The third kappa shape index (κ3) is 6.26. The van der Waals surface area contributed by atoms with Crippen LogP contribution in [-0.4, -0.2) is 80.4 Å². The van der Waals surface area contributed by atoms with Crippen molar-refractivity contribution in [2.45, 2.75) is 53.6 Å². The van der Waals surface area contributed by atoms with Gasteiger partial charge in [0.15, 0.2) is 5.96 Å². The van der Waals surface area contributed by atoms with Crippen LogP contribution in [0.4, 0.5) is 4.79 Å². The Bertz CT molecular complexity index is 496. The number of carbonyl (C=O) groups excluding carboxylic acids is 1. The van der Waals surface area contributed by atoms with E-state index < -0.39 is 0 Å². The van der Waals surface area contributed by atoms with Gasteiger partial charge in [-0.25, -0.2) is 4.79 Å². The summed E-state index contributed by atoms with van der Waals surface area (Å²) >= 11 is 0. The molecule has 2 atom stereocenters. The van der Waals surface area contributed by atoms with Gasteiger partial charge in [0, 0.05) is 51.8 Å². The van der Waals surface area contributed by atoms with E-state index in [1.165, 1.54) is 6.42 Å². The highest BCUT2D eigenvalue weighted by Gasteiger charge is 2.35. The van der Waals surface area contributed by atoms with Crippen molar-refractivity contribution in [3.63, 3.8) is 0 Å². The van der Waals surface area contributed by atoms with Crippen molar-refractivity contribution < 1.29 is 14.3 Å². The topological polar surface area (TPSA) is 66.4 Å². The fourth-order valence-corrected chi connectivity index (χ4v) is 3.93. The van der Waals surface area contributed by atoms with E-state index in [4.69, 9.17) is 14.5 Å². The number of carbonyl (C=O) groups is 1. The number of aliphatic imine (C=N–C) groups is 1. The fraction of sp³-hybridized carbons (Fsp3) is 0.900. The van der Waals surface area contributed by atoms with E-state index in [9.17, 15) is 4.79 Å². The highest BCUT2D eigenvalue weighted by atomic mass is 16.6. The molecule has 7 nitrogen and oxygen atoms in total. The number of nitrogens with one attached hydrogen (secondary N) is 1. The van der Waals surface area contributed by atoms with Gasteiger partial charge >= 0.3 is 6.09 Å². The van der Waals surface area contributed by atoms with Gasteiger partial charge in [0.05, 0.1) is 12.7 Å². The Labute approximate surface area is 164 Å². The zero-order valence-electron chi connectivity index (χ0n) is 17.8. The first-order valence-corrected chi connectivity index (χ1v) is 10.4. The Hall–Kier alpha value is -1.50. The van der Waals surface area contributed by atoms with Gasteiger partial charge in [0.1, 0.15) is 0 Å². The molecule has 0 radical (unpaired) electrons. The normalized spacial score (nSPS) is 24.7. The van der Waals surface area contributed by atoms with Gasteiger partial charge in [-0.3, -0.25) is 4.99 Å². The lowest BCUT2D eigenvalue weighted by Crippen LogP contribution is -2.54. The highest BCUT2D eigenvalue weighted by molar-refractivity contribution is 5.80. The van der Waals surface area contributed by atoms with Crippen LogP contribution in [0, 0.1) is 11.3 Å². The minimum atomic E-state index is -0.216. The first kappa shape index (κ1) is 21.8. The molecule has 2 fully saturated rings. The van der Waals surface area contributed by atoms with Gasteiger partial charge in [-0.2, -0.15) is 0 Å². The van der Waals surface area contributed by atoms with Gasteiger partial charge in [-0.05, 0) is 32.1 Å². The number of guanidine groups is 1. The van der Waals surface area contributed by atoms with E-state index in [1.54, 1.807) is 4.90 Å². The summed E-state index contributed by atoms with van der Waals surface area (Å²) in [7, 11) is 0. The molecule has 0 aliphatic carbocycles. The van der Waals surface area contributed by atoms with Crippen LogP contribution in [0.5, 0.6) is 0 Å². The van der Waals surface area contributed by atoms with Crippen molar-refractivity contribution in [3.05, 3.63) is 0 Å².